The van der Waals surface area contributed by atoms with Gasteiger partial charge in [0.05, 0.1) is 0 Å². The van der Waals surface area contributed by atoms with Gasteiger partial charge in [0, 0.05) is 6.04 Å². The highest BCUT2D eigenvalue weighted by Crippen LogP contribution is 2.17. The second-order valence-electron chi connectivity index (χ2n) is 4.06. The fourth-order valence-electron chi connectivity index (χ4n) is 1.74. The Kier molecular flexibility index (Phi) is 6.45. The lowest BCUT2D eigenvalue weighted by atomic mass is 9.94. The van der Waals surface area contributed by atoms with Crippen LogP contribution in [0.15, 0.2) is 0 Å². The first-order valence-corrected chi connectivity index (χ1v) is 5.29. The summed E-state index contributed by atoms with van der Waals surface area (Å²) in [5.74, 6) is 0.839. The molecule has 2 atom stereocenters. The van der Waals surface area contributed by atoms with Gasteiger partial charge in [0.15, 0.2) is 0 Å². The summed E-state index contributed by atoms with van der Waals surface area (Å²) in [6, 6.07) is 0.787. The molecule has 0 aliphatic heterocycles. The van der Waals surface area contributed by atoms with Crippen molar-refractivity contribution in [2.75, 3.05) is 14.1 Å². The maximum atomic E-state index is 2.38. The van der Waals surface area contributed by atoms with Crippen molar-refractivity contribution in [3.8, 4) is 0 Å². The van der Waals surface area contributed by atoms with E-state index in [9.17, 15) is 0 Å². The number of nitrogens with zero attached hydrogens (tertiary/aromatic N) is 1. The Hall–Kier alpha value is -0.0400. The summed E-state index contributed by atoms with van der Waals surface area (Å²) in [4.78, 5) is 2.38. The maximum absolute atomic E-state index is 2.38. The molecular formula is C11H25N. The Morgan fingerprint density at radius 2 is 1.75 bits per heavy atom. The number of hydrogen-bond acceptors (Lipinski definition) is 1. The quantitative estimate of drug-likeness (QED) is 0.593. The summed E-state index contributed by atoms with van der Waals surface area (Å²) >= 11 is 0. The van der Waals surface area contributed by atoms with Crippen LogP contribution >= 0.6 is 0 Å². The molecule has 0 aliphatic carbocycles. The topological polar surface area (TPSA) is 3.24 Å². The van der Waals surface area contributed by atoms with Gasteiger partial charge in [0.25, 0.3) is 0 Å². The summed E-state index contributed by atoms with van der Waals surface area (Å²) < 4.78 is 0. The lowest BCUT2D eigenvalue weighted by molar-refractivity contribution is 0.200. The van der Waals surface area contributed by atoms with Crippen LogP contribution in [0.25, 0.3) is 0 Å². The van der Waals surface area contributed by atoms with E-state index < -0.39 is 0 Å². The maximum Gasteiger partial charge on any atom is 0.0115 e. The molecule has 0 fully saturated rings. The number of unbranched alkanes of at least 4 members (excludes halogenated alkanes) is 1. The lowest BCUT2D eigenvalue weighted by Crippen LogP contribution is -2.33. The van der Waals surface area contributed by atoms with Crippen LogP contribution in [0.2, 0.25) is 0 Å². The van der Waals surface area contributed by atoms with Crippen LogP contribution in [0.1, 0.15) is 46.5 Å². The van der Waals surface area contributed by atoms with Gasteiger partial charge >= 0.3 is 0 Å². The van der Waals surface area contributed by atoms with Gasteiger partial charge in [-0.15, -0.1) is 0 Å². The van der Waals surface area contributed by atoms with E-state index in [4.69, 9.17) is 0 Å². The van der Waals surface area contributed by atoms with E-state index in [2.05, 4.69) is 39.8 Å². The van der Waals surface area contributed by atoms with Gasteiger partial charge in [0.1, 0.15) is 0 Å². The lowest BCUT2D eigenvalue weighted by Gasteiger charge is -2.29. The first kappa shape index (κ1) is 12.0. The average Bonchev–Trinajstić information content (AvgIpc) is 2.04. The van der Waals surface area contributed by atoms with E-state index in [1.165, 1.54) is 25.7 Å². The summed E-state index contributed by atoms with van der Waals surface area (Å²) in [7, 11) is 4.40. The molecule has 0 radical (unpaired) electrons. The number of rotatable bonds is 6. The molecule has 2 unspecified atom stereocenters. The molecule has 0 amide bonds. The molecule has 0 aliphatic rings. The van der Waals surface area contributed by atoms with Crippen LogP contribution in [0.5, 0.6) is 0 Å². The van der Waals surface area contributed by atoms with Gasteiger partial charge in [0.2, 0.25) is 0 Å². The predicted molar refractivity (Wildman–Crippen MR) is 56.5 cm³/mol. The highest BCUT2D eigenvalue weighted by Gasteiger charge is 2.16. The van der Waals surface area contributed by atoms with E-state index >= 15 is 0 Å². The largest absolute Gasteiger partial charge is 0.306 e. The minimum Gasteiger partial charge on any atom is -0.306 e. The minimum absolute atomic E-state index is 0.787. The summed E-state index contributed by atoms with van der Waals surface area (Å²) in [6.07, 6.45) is 5.35. The molecule has 12 heavy (non-hydrogen) atoms. The van der Waals surface area contributed by atoms with Gasteiger partial charge in [-0.05, 0) is 26.4 Å². The van der Waals surface area contributed by atoms with Crippen molar-refractivity contribution in [2.24, 2.45) is 5.92 Å². The smallest absolute Gasteiger partial charge is 0.0115 e. The Bertz CT molecular complexity index is 99.2. The van der Waals surface area contributed by atoms with E-state index in [1.807, 2.05) is 0 Å². The highest BCUT2D eigenvalue weighted by atomic mass is 15.1. The van der Waals surface area contributed by atoms with Gasteiger partial charge in [-0.1, -0.05) is 40.0 Å². The molecule has 0 saturated carbocycles. The molecule has 0 bridgehead atoms. The average molecular weight is 171 g/mol. The molecular weight excluding hydrogens is 146 g/mol. The molecule has 0 heterocycles. The SMILES string of the molecule is CCCCC(C(C)CC)N(C)C. The molecule has 0 aromatic rings. The zero-order valence-electron chi connectivity index (χ0n) is 9.43. The van der Waals surface area contributed by atoms with Crippen LogP contribution in [0, 0.1) is 5.92 Å². The Labute approximate surface area is 78.1 Å². The third-order valence-electron chi connectivity index (χ3n) is 2.82. The van der Waals surface area contributed by atoms with Crippen molar-refractivity contribution in [3.63, 3.8) is 0 Å². The minimum atomic E-state index is 0.787. The normalized spacial score (nSPS) is 16.5. The Morgan fingerprint density at radius 3 is 2.08 bits per heavy atom. The standard InChI is InChI=1S/C11H25N/c1-6-8-9-11(12(4)5)10(3)7-2/h10-11H,6-9H2,1-5H3. The van der Waals surface area contributed by atoms with E-state index in [0.29, 0.717) is 0 Å². The zero-order chi connectivity index (χ0) is 9.56. The molecule has 1 nitrogen and oxygen atoms in total. The second kappa shape index (κ2) is 6.47. The summed E-state index contributed by atoms with van der Waals surface area (Å²) in [5.41, 5.74) is 0. The molecule has 0 rings (SSSR count). The summed E-state index contributed by atoms with van der Waals surface area (Å²) in [5, 5.41) is 0. The van der Waals surface area contributed by atoms with Crippen LogP contribution in [-0.2, 0) is 0 Å². The van der Waals surface area contributed by atoms with Crippen molar-refractivity contribution in [1.82, 2.24) is 4.90 Å². The molecule has 1 heteroatoms. The third kappa shape index (κ3) is 4.10. The Morgan fingerprint density at radius 1 is 1.17 bits per heavy atom. The van der Waals surface area contributed by atoms with Crippen LogP contribution in [0.3, 0.4) is 0 Å². The molecule has 74 valence electrons. The molecule has 0 N–H and O–H groups in total. The fraction of sp³-hybridized carbons (Fsp3) is 1.00. The number of hydrogen-bond donors (Lipinski definition) is 0. The van der Waals surface area contributed by atoms with Crippen molar-refractivity contribution in [1.29, 1.82) is 0 Å². The predicted octanol–water partition coefficient (Wildman–Crippen LogP) is 3.15. The van der Waals surface area contributed by atoms with Crippen molar-refractivity contribution in [3.05, 3.63) is 0 Å². The third-order valence-corrected chi connectivity index (χ3v) is 2.82. The van der Waals surface area contributed by atoms with Gasteiger partial charge < -0.3 is 4.90 Å². The van der Waals surface area contributed by atoms with Crippen LogP contribution < -0.4 is 0 Å². The summed E-state index contributed by atoms with van der Waals surface area (Å²) in [6.45, 7) is 6.91. The first-order chi connectivity index (χ1) is 5.63. The van der Waals surface area contributed by atoms with Gasteiger partial charge in [-0.2, -0.15) is 0 Å². The van der Waals surface area contributed by atoms with Crippen LogP contribution in [0.4, 0.5) is 0 Å². The zero-order valence-corrected chi connectivity index (χ0v) is 9.43. The Balaban J connectivity index is 3.85. The van der Waals surface area contributed by atoms with Gasteiger partial charge in [-0.25, -0.2) is 0 Å². The van der Waals surface area contributed by atoms with Crippen molar-refractivity contribution >= 4 is 0 Å². The van der Waals surface area contributed by atoms with E-state index in [0.717, 1.165) is 12.0 Å². The van der Waals surface area contributed by atoms with Crippen molar-refractivity contribution < 1.29 is 0 Å². The van der Waals surface area contributed by atoms with Gasteiger partial charge in [-0.3, -0.25) is 0 Å². The monoisotopic (exact) mass is 171 g/mol. The van der Waals surface area contributed by atoms with Crippen LogP contribution in [-0.4, -0.2) is 25.0 Å². The van der Waals surface area contributed by atoms with Crippen molar-refractivity contribution in [2.45, 2.75) is 52.5 Å². The van der Waals surface area contributed by atoms with E-state index in [-0.39, 0.29) is 0 Å². The fourth-order valence-corrected chi connectivity index (χ4v) is 1.74. The second-order valence-corrected chi connectivity index (χ2v) is 4.06. The highest BCUT2D eigenvalue weighted by molar-refractivity contribution is 4.71. The molecule has 0 aromatic carbocycles. The molecule has 0 spiro atoms. The first-order valence-electron chi connectivity index (χ1n) is 5.29. The molecule has 0 saturated heterocycles. The molecule has 0 aromatic heterocycles. The van der Waals surface area contributed by atoms with E-state index in [1.54, 1.807) is 0 Å².